The molecule has 1 fully saturated rings. The summed E-state index contributed by atoms with van der Waals surface area (Å²) in [5.41, 5.74) is 3.44. The molecule has 6 heteroatoms. The van der Waals surface area contributed by atoms with Gasteiger partial charge in [0.15, 0.2) is 0 Å². The number of fused-ring (bicyclic) bond motifs is 1. The fraction of sp³-hybridized carbons (Fsp3) is 0.533. The van der Waals surface area contributed by atoms with Gasteiger partial charge in [-0.1, -0.05) is 0 Å². The van der Waals surface area contributed by atoms with Crippen molar-refractivity contribution in [1.29, 1.82) is 0 Å². The van der Waals surface area contributed by atoms with Crippen LogP contribution in [0.3, 0.4) is 0 Å². The molecule has 21 heavy (non-hydrogen) atoms. The van der Waals surface area contributed by atoms with E-state index in [1.807, 2.05) is 18.5 Å². The minimum Gasteiger partial charge on any atom is -0.350 e. The first-order valence-corrected chi connectivity index (χ1v) is 7.75. The summed E-state index contributed by atoms with van der Waals surface area (Å²) >= 11 is 0. The molecule has 1 unspecified atom stereocenters. The highest BCUT2D eigenvalue weighted by Gasteiger charge is 2.18. The van der Waals surface area contributed by atoms with Crippen LogP contribution in [0.15, 0.2) is 18.5 Å². The largest absolute Gasteiger partial charge is 0.350 e. The van der Waals surface area contributed by atoms with E-state index in [0.29, 0.717) is 6.04 Å². The molecule has 2 aromatic heterocycles. The summed E-state index contributed by atoms with van der Waals surface area (Å²) in [6.45, 7) is 3.07. The van der Waals surface area contributed by atoms with Crippen LogP contribution in [0.1, 0.15) is 25.0 Å². The standard InChI is InChI=1S/C15H20N6/c1-2-8-21-14(3-1)12(10-18-21)13-5-7-17-15(20-13)19-11-4-6-16-9-11/h5,7,10-11,16H,1-4,6,8-9H2,(H,17,19,20). The lowest BCUT2D eigenvalue weighted by Crippen LogP contribution is -2.23. The maximum absolute atomic E-state index is 4.68. The Morgan fingerprint density at radius 2 is 2.33 bits per heavy atom. The molecular weight excluding hydrogens is 264 g/mol. The maximum Gasteiger partial charge on any atom is 0.223 e. The molecule has 0 aliphatic carbocycles. The van der Waals surface area contributed by atoms with Gasteiger partial charge in [-0.2, -0.15) is 5.10 Å². The van der Waals surface area contributed by atoms with Crippen LogP contribution in [0.2, 0.25) is 0 Å². The Morgan fingerprint density at radius 3 is 3.24 bits per heavy atom. The monoisotopic (exact) mass is 284 g/mol. The zero-order chi connectivity index (χ0) is 14.1. The van der Waals surface area contributed by atoms with Crippen LogP contribution in [0.4, 0.5) is 5.95 Å². The quantitative estimate of drug-likeness (QED) is 0.893. The molecule has 0 saturated carbocycles. The van der Waals surface area contributed by atoms with E-state index in [2.05, 4.69) is 30.4 Å². The zero-order valence-electron chi connectivity index (χ0n) is 12.0. The van der Waals surface area contributed by atoms with Crippen molar-refractivity contribution in [2.75, 3.05) is 18.4 Å². The highest BCUT2D eigenvalue weighted by Crippen LogP contribution is 2.26. The third-order valence-electron chi connectivity index (χ3n) is 4.31. The molecule has 0 radical (unpaired) electrons. The summed E-state index contributed by atoms with van der Waals surface area (Å²) in [6.07, 6.45) is 8.46. The zero-order valence-corrected chi connectivity index (χ0v) is 12.0. The van der Waals surface area contributed by atoms with Gasteiger partial charge in [-0.15, -0.1) is 0 Å². The Bertz CT molecular complexity index is 629. The summed E-state index contributed by atoms with van der Waals surface area (Å²) in [4.78, 5) is 9.03. The first-order chi connectivity index (χ1) is 10.4. The second-order valence-electron chi connectivity index (χ2n) is 5.78. The highest BCUT2D eigenvalue weighted by molar-refractivity contribution is 5.62. The number of hydrogen-bond donors (Lipinski definition) is 2. The van der Waals surface area contributed by atoms with E-state index in [0.717, 1.165) is 49.7 Å². The van der Waals surface area contributed by atoms with Gasteiger partial charge in [0.2, 0.25) is 5.95 Å². The summed E-state index contributed by atoms with van der Waals surface area (Å²) in [5, 5.41) is 11.2. The van der Waals surface area contributed by atoms with Crippen LogP contribution >= 0.6 is 0 Å². The number of hydrogen-bond acceptors (Lipinski definition) is 5. The van der Waals surface area contributed by atoms with Crippen molar-refractivity contribution in [2.24, 2.45) is 0 Å². The van der Waals surface area contributed by atoms with Crippen LogP contribution < -0.4 is 10.6 Å². The van der Waals surface area contributed by atoms with Crippen molar-refractivity contribution >= 4 is 5.95 Å². The molecule has 2 aromatic rings. The number of aryl methyl sites for hydroxylation is 1. The number of rotatable bonds is 3. The fourth-order valence-corrected chi connectivity index (χ4v) is 3.17. The van der Waals surface area contributed by atoms with Crippen molar-refractivity contribution in [3.05, 3.63) is 24.2 Å². The molecule has 4 heterocycles. The van der Waals surface area contributed by atoms with Crippen molar-refractivity contribution in [3.8, 4) is 11.3 Å². The molecule has 2 aliphatic heterocycles. The van der Waals surface area contributed by atoms with E-state index >= 15 is 0 Å². The van der Waals surface area contributed by atoms with Gasteiger partial charge in [0.1, 0.15) is 0 Å². The predicted octanol–water partition coefficient (Wildman–Crippen LogP) is 1.45. The Kier molecular flexibility index (Phi) is 3.31. The lowest BCUT2D eigenvalue weighted by molar-refractivity contribution is 0.487. The Morgan fingerprint density at radius 1 is 1.33 bits per heavy atom. The Labute approximate surface area is 124 Å². The molecule has 0 aromatic carbocycles. The normalized spacial score (nSPS) is 21.2. The molecule has 0 amide bonds. The van der Waals surface area contributed by atoms with Gasteiger partial charge in [-0.25, -0.2) is 9.97 Å². The molecule has 2 aliphatic rings. The van der Waals surface area contributed by atoms with E-state index in [1.165, 1.54) is 18.5 Å². The molecule has 1 saturated heterocycles. The molecular formula is C15H20N6. The topological polar surface area (TPSA) is 67.7 Å². The van der Waals surface area contributed by atoms with E-state index in [-0.39, 0.29) is 0 Å². The number of aromatic nitrogens is 4. The van der Waals surface area contributed by atoms with E-state index in [4.69, 9.17) is 0 Å². The van der Waals surface area contributed by atoms with E-state index in [9.17, 15) is 0 Å². The second-order valence-corrected chi connectivity index (χ2v) is 5.78. The van der Waals surface area contributed by atoms with Gasteiger partial charge in [0.05, 0.1) is 11.9 Å². The van der Waals surface area contributed by atoms with Crippen molar-refractivity contribution in [2.45, 2.75) is 38.3 Å². The maximum atomic E-state index is 4.68. The summed E-state index contributed by atoms with van der Waals surface area (Å²) in [7, 11) is 0. The van der Waals surface area contributed by atoms with Gasteiger partial charge >= 0.3 is 0 Å². The summed E-state index contributed by atoms with van der Waals surface area (Å²) in [5.74, 6) is 0.719. The van der Waals surface area contributed by atoms with E-state index in [1.54, 1.807) is 0 Å². The lowest BCUT2D eigenvalue weighted by atomic mass is 10.0. The Balaban J connectivity index is 1.61. The van der Waals surface area contributed by atoms with Crippen molar-refractivity contribution < 1.29 is 0 Å². The average Bonchev–Trinajstić information content (AvgIpc) is 3.16. The third-order valence-corrected chi connectivity index (χ3v) is 4.31. The molecule has 6 nitrogen and oxygen atoms in total. The molecule has 0 spiro atoms. The summed E-state index contributed by atoms with van der Waals surface area (Å²) < 4.78 is 2.12. The molecule has 4 rings (SSSR count). The molecule has 1 atom stereocenters. The highest BCUT2D eigenvalue weighted by atomic mass is 15.3. The molecule has 2 N–H and O–H groups in total. The molecule has 0 bridgehead atoms. The third kappa shape index (κ3) is 2.51. The van der Waals surface area contributed by atoms with Crippen LogP contribution in [0, 0.1) is 0 Å². The SMILES string of the molecule is c1cc(-c2cnn3c2CCCC3)nc(NC2CCNC2)n1. The average molecular weight is 284 g/mol. The summed E-state index contributed by atoms with van der Waals surface area (Å²) in [6, 6.07) is 2.41. The van der Waals surface area contributed by atoms with Gasteiger partial charge in [-0.3, -0.25) is 4.68 Å². The van der Waals surface area contributed by atoms with Crippen LogP contribution in [-0.2, 0) is 13.0 Å². The van der Waals surface area contributed by atoms with Crippen molar-refractivity contribution in [3.63, 3.8) is 0 Å². The number of nitrogens with zero attached hydrogens (tertiary/aromatic N) is 4. The van der Waals surface area contributed by atoms with Crippen LogP contribution in [0.25, 0.3) is 11.3 Å². The minimum absolute atomic E-state index is 0.432. The first-order valence-electron chi connectivity index (χ1n) is 7.75. The number of nitrogens with one attached hydrogen (secondary N) is 2. The van der Waals surface area contributed by atoms with Gasteiger partial charge in [-0.05, 0) is 38.3 Å². The lowest BCUT2D eigenvalue weighted by Gasteiger charge is -2.15. The van der Waals surface area contributed by atoms with E-state index < -0.39 is 0 Å². The fourth-order valence-electron chi connectivity index (χ4n) is 3.17. The predicted molar refractivity (Wildman–Crippen MR) is 81.1 cm³/mol. The smallest absolute Gasteiger partial charge is 0.223 e. The van der Waals surface area contributed by atoms with Crippen LogP contribution in [0.5, 0.6) is 0 Å². The number of anilines is 1. The Hall–Kier alpha value is -1.95. The van der Waals surface area contributed by atoms with Gasteiger partial charge in [0, 0.05) is 36.6 Å². The second kappa shape index (κ2) is 5.44. The minimum atomic E-state index is 0.432. The first kappa shape index (κ1) is 12.8. The van der Waals surface area contributed by atoms with Gasteiger partial charge < -0.3 is 10.6 Å². The molecule has 110 valence electrons. The van der Waals surface area contributed by atoms with Crippen molar-refractivity contribution in [1.82, 2.24) is 25.1 Å². The van der Waals surface area contributed by atoms with Crippen LogP contribution in [-0.4, -0.2) is 38.9 Å². The van der Waals surface area contributed by atoms with Gasteiger partial charge in [0.25, 0.3) is 0 Å².